The molecule has 0 aromatic carbocycles. The lowest BCUT2D eigenvalue weighted by Crippen LogP contribution is -2.46. The Morgan fingerprint density at radius 3 is 2.56 bits per heavy atom. The van der Waals surface area contributed by atoms with Gasteiger partial charge in [0.15, 0.2) is 5.76 Å². The average Bonchev–Trinajstić information content (AvgIpc) is 2.55. The van der Waals surface area contributed by atoms with Gasteiger partial charge in [0.25, 0.3) is 5.91 Å². The molecule has 6 nitrogen and oxygen atoms in total. The summed E-state index contributed by atoms with van der Waals surface area (Å²) in [5.74, 6) is -0.649. The minimum atomic E-state index is -1.10. The first-order valence-electron chi connectivity index (χ1n) is 4.73. The largest absolute Gasteiger partial charge is 0.456 e. The Hall–Kier alpha value is -1.82. The van der Waals surface area contributed by atoms with Gasteiger partial charge in [-0.15, -0.1) is 0 Å². The molecule has 0 saturated carbocycles. The molecule has 0 radical (unpaired) electrons. The number of amides is 2. The third-order valence-electron chi connectivity index (χ3n) is 2.22. The van der Waals surface area contributed by atoms with Crippen molar-refractivity contribution in [3.05, 3.63) is 23.2 Å². The number of aryl methyl sites for hydroxylation is 2. The summed E-state index contributed by atoms with van der Waals surface area (Å²) in [6, 6.07) is 0.457. The van der Waals surface area contributed by atoms with Gasteiger partial charge in [0.05, 0.1) is 6.61 Å². The van der Waals surface area contributed by atoms with Crippen molar-refractivity contribution >= 4 is 11.8 Å². The quantitative estimate of drug-likeness (QED) is 0.641. The summed E-state index contributed by atoms with van der Waals surface area (Å²) in [6.45, 7) is 2.98. The van der Waals surface area contributed by atoms with Crippen LogP contribution in [0.4, 0.5) is 0 Å². The van der Waals surface area contributed by atoms with E-state index in [-0.39, 0.29) is 5.76 Å². The maximum absolute atomic E-state index is 11.6. The number of nitrogens with one attached hydrogen (secondary N) is 1. The van der Waals surface area contributed by atoms with Crippen molar-refractivity contribution in [1.82, 2.24) is 5.32 Å². The predicted octanol–water partition coefficient (Wildman–Crippen LogP) is -0.528. The Kier molecular flexibility index (Phi) is 3.68. The van der Waals surface area contributed by atoms with Crippen molar-refractivity contribution in [3.8, 4) is 0 Å². The topological polar surface area (TPSA) is 106 Å². The van der Waals surface area contributed by atoms with Crippen molar-refractivity contribution in [2.24, 2.45) is 5.73 Å². The van der Waals surface area contributed by atoms with Gasteiger partial charge in [-0.3, -0.25) is 9.59 Å². The first-order valence-corrected chi connectivity index (χ1v) is 4.73. The molecule has 0 unspecified atom stereocenters. The average molecular weight is 226 g/mol. The van der Waals surface area contributed by atoms with Crippen molar-refractivity contribution in [2.45, 2.75) is 19.9 Å². The minimum Gasteiger partial charge on any atom is -0.456 e. The molecule has 0 saturated heterocycles. The monoisotopic (exact) mass is 226 g/mol. The second-order valence-corrected chi connectivity index (χ2v) is 3.46. The summed E-state index contributed by atoms with van der Waals surface area (Å²) in [5, 5.41) is 11.1. The van der Waals surface area contributed by atoms with Crippen LogP contribution < -0.4 is 11.1 Å². The highest BCUT2D eigenvalue weighted by Crippen LogP contribution is 2.12. The Labute approximate surface area is 92.4 Å². The van der Waals surface area contributed by atoms with Crippen LogP contribution in [0.15, 0.2) is 10.5 Å². The molecule has 0 spiro atoms. The lowest BCUT2D eigenvalue weighted by molar-refractivity contribution is -0.120. The van der Waals surface area contributed by atoms with Crippen molar-refractivity contribution in [3.63, 3.8) is 0 Å². The maximum atomic E-state index is 11.6. The standard InChI is InChI=1S/C10H14N2O4/c1-5-3-8(16-6(5)2)10(15)12-7(4-13)9(11)14/h3,7,13H,4H2,1-2H3,(H2,11,14)(H,12,15)/t7-/m1/s1. The number of primary amides is 1. The van der Waals surface area contributed by atoms with Crippen molar-refractivity contribution in [2.75, 3.05) is 6.61 Å². The van der Waals surface area contributed by atoms with E-state index in [1.54, 1.807) is 19.9 Å². The van der Waals surface area contributed by atoms with Crippen LogP contribution in [0.2, 0.25) is 0 Å². The van der Waals surface area contributed by atoms with E-state index in [1.807, 2.05) is 0 Å². The zero-order valence-corrected chi connectivity index (χ0v) is 9.11. The van der Waals surface area contributed by atoms with Crippen LogP contribution in [0.3, 0.4) is 0 Å². The number of aliphatic hydroxyl groups excluding tert-OH is 1. The summed E-state index contributed by atoms with van der Waals surface area (Å²) in [7, 11) is 0. The van der Waals surface area contributed by atoms with Gasteiger partial charge >= 0.3 is 0 Å². The number of hydrogen-bond donors (Lipinski definition) is 3. The lowest BCUT2D eigenvalue weighted by Gasteiger charge is -2.10. The highest BCUT2D eigenvalue weighted by molar-refractivity contribution is 5.95. The SMILES string of the molecule is Cc1cc(C(=O)N[C@H](CO)C(N)=O)oc1C. The molecule has 2 amide bonds. The first kappa shape index (κ1) is 12.3. The fourth-order valence-corrected chi connectivity index (χ4v) is 1.12. The first-order chi connectivity index (χ1) is 7.45. The van der Waals surface area contributed by atoms with Gasteiger partial charge in [-0.1, -0.05) is 0 Å². The second-order valence-electron chi connectivity index (χ2n) is 3.46. The van der Waals surface area contributed by atoms with E-state index in [2.05, 4.69) is 5.32 Å². The zero-order valence-electron chi connectivity index (χ0n) is 9.11. The molecular weight excluding hydrogens is 212 g/mol. The Bertz CT molecular complexity index is 391. The summed E-state index contributed by atoms with van der Waals surface area (Å²) in [4.78, 5) is 22.3. The second kappa shape index (κ2) is 4.80. The molecule has 0 bridgehead atoms. The molecular formula is C10H14N2O4. The summed E-state index contributed by atoms with van der Waals surface area (Å²) >= 11 is 0. The van der Waals surface area contributed by atoms with Gasteiger partial charge in [0, 0.05) is 0 Å². The molecule has 1 rings (SSSR count). The number of rotatable bonds is 4. The van der Waals surface area contributed by atoms with E-state index >= 15 is 0 Å². The summed E-state index contributed by atoms with van der Waals surface area (Å²) in [5.41, 5.74) is 5.80. The highest BCUT2D eigenvalue weighted by Gasteiger charge is 2.20. The van der Waals surface area contributed by atoms with Crippen LogP contribution in [0.25, 0.3) is 0 Å². The molecule has 88 valence electrons. The Balaban J connectivity index is 2.75. The van der Waals surface area contributed by atoms with Gasteiger partial charge in [-0.2, -0.15) is 0 Å². The van der Waals surface area contributed by atoms with Crippen LogP contribution in [-0.2, 0) is 4.79 Å². The van der Waals surface area contributed by atoms with Gasteiger partial charge < -0.3 is 20.6 Å². The fraction of sp³-hybridized carbons (Fsp3) is 0.400. The summed E-state index contributed by atoms with van der Waals surface area (Å²) < 4.78 is 5.16. The van der Waals surface area contributed by atoms with Crippen molar-refractivity contribution < 1.29 is 19.1 Å². The number of carbonyl (C=O) groups excluding carboxylic acids is 2. The molecule has 0 aliphatic carbocycles. The molecule has 4 N–H and O–H groups in total. The minimum absolute atomic E-state index is 0.0923. The molecule has 1 atom stereocenters. The normalized spacial score (nSPS) is 12.2. The van der Waals surface area contributed by atoms with Gasteiger partial charge in [-0.05, 0) is 25.5 Å². The van der Waals surface area contributed by atoms with Gasteiger partial charge in [-0.25, -0.2) is 0 Å². The molecule has 6 heteroatoms. The Morgan fingerprint density at radius 2 is 2.19 bits per heavy atom. The smallest absolute Gasteiger partial charge is 0.287 e. The third-order valence-corrected chi connectivity index (χ3v) is 2.22. The van der Waals surface area contributed by atoms with Crippen LogP contribution in [-0.4, -0.2) is 29.6 Å². The molecule has 16 heavy (non-hydrogen) atoms. The molecule has 1 heterocycles. The zero-order chi connectivity index (χ0) is 12.3. The predicted molar refractivity (Wildman–Crippen MR) is 55.7 cm³/mol. The number of carbonyl (C=O) groups is 2. The summed E-state index contributed by atoms with van der Waals surface area (Å²) in [6.07, 6.45) is 0. The molecule has 0 aliphatic rings. The molecule has 1 aromatic rings. The fourth-order valence-electron chi connectivity index (χ4n) is 1.12. The van der Waals surface area contributed by atoms with Crippen LogP contribution in [0, 0.1) is 13.8 Å². The van der Waals surface area contributed by atoms with Crippen molar-refractivity contribution in [1.29, 1.82) is 0 Å². The van der Waals surface area contributed by atoms with Crippen LogP contribution >= 0.6 is 0 Å². The molecule has 0 aliphatic heterocycles. The van der Waals surface area contributed by atoms with E-state index in [4.69, 9.17) is 15.3 Å². The number of hydrogen-bond acceptors (Lipinski definition) is 4. The van der Waals surface area contributed by atoms with E-state index in [0.717, 1.165) is 5.56 Å². The number of nitrogens with two attached hydrogens (primary N) is 1. The Morgan fingerprint density at radius 1 is 1.56 bits per heavy atom. The van der Waals surface area contributed by atoms with E-state index in [1.165, 1.54) is 0 Å². The number of aliphatic hydroxyl groups is 1. The van der Waals surface area contributed by atoms with E-state index < -0.39 is 24.5 Å². The number of furan rings is 1. The third kappa shape index (κ3) is 2.60. The maximum Gasteiger partial charge on any atom is 0.287 e. The highest BCUT2D eigenvalue weighted by atomic mass is 16.3. The molecule has 1 aromatic heterocycles. The van der Waals surface area contributed by atoms with Crippen LogP contribution in [0.1, 0.15) is 21.9 Å². The van der Waals surface area contributed by atoms with E-state index in [9.17, 15) is 9.59 Å². The van der Waals surface area contributed by atoms with Crippen LogP contribution in [0.5, 0.6) is 0 Å². The lowest BCUT2D eigenvalue weighted by atomic mass is 10.2. The van der Waals surface area contributed by atoms with E-state index in [0.29, 0.717) is 5.76 Å². The molecule has 0 fully saturated rings. The van der Waals surface area contributed by atoms with Gasteiger partial charge in [0.1, 0.15) is 11.8 Å². The van der Waals surface area contributed by atoms with Gasteiger partial charge in [0.2, 0.25) is 5.91 Å².